The van der Waals surface area contributed by atoms with Crippen molar-refractivity contribution in [3.63, 3.8) is 0 Å². The van der Waals surface area contributed by atoms with Crippen LogP contribution in [0.5, 0.6) is 0 Å². The van der Waals surface area contributed by atoms with E-state index in [1.807, 2.05) is 0 Å². The number of carbonyl (C=O) groups is 1. The second-order valence-corrected chi connectivity index (χ2v) is 5.58. The Morgan fingerprint density at radius 3 is 2.29 bits per heavy atom. The molecule has 0 saturated heterocycles. The summed E-state index contributed by atoms with van der Waals surface area (Å²) in [5, 5.41) is 10.6. The first-order valence-corrected chi connectivity index (χ1v) is 7.14. The average Bonchev–Trinajstić information content (AvgIpc) is 2.44. The highest BCUT2D eigenvalue weighted by molar-refractivity contribution is 6.42. The second kappa shape index (κ2) is 7.14. The fourth-order valence-corrected chi connectivity index (χ4v) is 2.20. The largest absolute Gasteiger partial charge is 0.479 e. The number of benzene rings is 2. The SMILES string of the molecule is O=C(O)[C@@H](OCc1ccc(Cl)c(Cl)c1)c1ccc(Cl)cc1. The summed E-state index contributed by atoms with van der Waals surface area (Å²) in [4.78, 5) is 11.3. The van der Waals surface area contributed by atoms with Crippen molar-refractivity contribution in [3.05, 3.63) is 68.7 Å². The number of carboxylic acid groups (broad SMARTS) is 1. The molecule has 110 valence electrons. The summed E-state index contributed by atoms with van der Waals surface area (Å²) in [6, 6.07) is 11.5. The zero-order chi connectivity index (χ0) is 15.4. The normalized spacial score (nSPS) is 12.1. The lowest BCUT2D eigenvalue weighted by Crippen LogP contribution is -2.15. The fraction of sp³-hybridized carbons (Fsp3) is 0.133. The summed E-state index contributed by atoms with van der Waals surface area (Å²) in [6.45, 7) is 0.108. The minimum atomic E-state index is -1.07. The van der Waals surface area contributed by atoms with Crippen LogP contribution < -0.4 is 0 Å². The van der Waals surface area contributed by atoms with Crippen LogP contribution in [0, 0.1) is 0 Å². The Hall–Kier alpha value is -1.26. The molecular formula is C15H11Cl3O3. The van der Waals surface area contributed by atoms with E-state index < -0.39 is 12.1 Å². The molecule has 2 aromatic rings. The Balaban J connectivity index is 2.11. The van der Waals surface area contributed by atoms with Gasteiger partial charge in [-0.2, -0.15) is 0 Å². The molecule has 0 bridgehead atoms. The maximum Gasteiger partial charge on any atom is 0.337 e. The summed E-state index contributed by atoms with van der Waals surface area (Å²) in [7, 11) is 0. The quantitative estimate of drug-likeness (QED) is 0.830. The number of hydrogen-bond acceptors (Lipinski definition) is 2. The summed E-state index contributed by atoms with van der Waals surface area (Å²) >= 11 is 17.5. The van der Waals surface area contributed by atoms with Crippen molar-refractivity contribution in [3.8, 4) is 0 Å². The number of ether oxygens (including phenoxy) is 1. The minimum Gasteiger partial charge on any atom is -0.479 e. The predicted octanol–water partition coefficient (Wildman–Crippen LogP) is 4.99. The van der Waals surface area contributed by atoms with Gasteiger partial charge >= 0.3 is 5.97 Å². The predicted molar refractivity (Wildman–Crippen MR) is 83.1 cm³/mol. The van der Waals surface area contributed by atoms with E-state index in [-0.39, 0.29) is 6.61 Å². The number of aliphatic carboxylic acids is 1. The van der Waals surface area contributed by atoms with Gasteiger partial charge in [0, 0.05) is 5.02 Å². The van der Waals surface area contributed by atoms with Gasteiger partial charge in [0.15, 0.2) is 6.10 Å². The summed E-state index contributed by atoms with van der Waals surface area (Å²) in [5.74, 6) is -1.07. The summed E-state index contributed by atoms with van der Waals surface area (Å²) < 4.78 is 5.47. The Morgan fingerprint density at radius 2 is 1.71 bits per heavy atom. The van der Waals surface area contributed by atoms with E-state index in [2.05, 4.69) is 0 Å². The monoisotopic (exact) mass is 344 g/mol. The molecule has 0 heterocycles. The average molecular weight is 346 g/mol. The lowest BCUT2D eigenvalue weighted by atomic mass is 10.1. The first-order chi connectivity index (χ1) is 9.97. The molecule has 6 heteroatoms. The smallest absolute Gasteiger partial charge is 0.337 e. The first kappa shape index (κ1) is 16.1. The third-order valence-corrected chi connectivity index (χ3v) is 3.79. The van der Waals surface area contributed by atoms with Gasteiger partial charge in [-0.1, -0.05) is 53.0 Å². The number of rotatable bonds is 5. The standard InChI is InChI=1S/C15H11Cl3O3/c16-11-4-2-10(3-5-11)14(15(19)20)21-8-9-1-6-12(17)13(18)7-9/h1-7,14H,8H2,(H,19,20)/t14-/m0/s1. The molecule has 0 aliphatic carbocycles. The van der Waals surface area contributed by atoms with Crippen LogP contribution in [0.15, 0.2) is 42.5 Å². The maximum atomic E-state index is 11.3. The Bertz CT molecular complexity index is 641. The Labute approximate surface area is 137 Å². The number of carboxylic acids is 1. The first-order valence-electron chi connectivity index (χ1n) is 6.01. The highest BCUT2D eigenvalue weighted by atomic mass is 35.5. The van der Waals surface area contributed by atoms with Gasteiger partial charge in [-0.25, -0.2) is 4.79 Å². The molecule has 0 amide bonds. The van der Waals surface area contributed by atoms with Crippen LogP contribution in [-0.2, 0) is 16.1 Å². The third kappa shape index (κ3) is 4.35. The molecule has 2 rings (SSSR count). The van der Waals surface area contributed by atoms with Crippen LogP contribution in [0.1, 0.15) is 17.2 Å². The van der Waals surface area contributed by atoms with Crippen LogP contribution >= 0.6 is 34.8 Å². The van der Waals surface area contributed by atoms with Gasteiger partial charge in [-0.15, -0.1) is 0 Å². The molecular weight excluding hydrogens is 335 g/mol. The third-order valence-electron chi connectivity index (χ3n) is 2.80. The van der Waals surface area contributed by atoms with Crippen LogP contribution in [-0.4, -0.2) is 11.1 Å². The minimum absolute atomic E-state index is 0.108. The zero-order valence-corrected chi connectivity index (χ0v) is 13.0. The lowest BCUT2D eigenvalue weighted by molar-refractivity contribution is -0.151. The van der Waals surface area contributed by atoms with Gasteiger partial charge in [0.25, 0.3) is 0 Å². The van der Waals surface area contributed by atoms with Crippen LogP contribution in [0.3, 0.4) is 0 Å². The van der Waals surface area contributed by atoms with Gasteiger partial charge in [0.2, 0.25) is 0 Å². The van der Waals surface area contributed by atoms with Crippen LogP contribution in [0.2, 0.25) is 15.1 Å². The fourth-order valence-electron chi connectivity index (χ4n) is 1.76. The van der Waals surface area contributed by atoms with Crippen molar-refractivity contribution >= 4 is 40.8 Å². The van der Waals surface area contributed by atoms with E-state index >= 15 is 0 Å². The van der Waals surface area contributed by atoms with Crippen LogP contribution in [0.4, 0.5) is 0 Å². The molecule has 0 unspecified atom stereocenters. The molecule has 0 aromatic heterocycles. The molecule has 1 atom stereocenters. The van der Waals surface area contributed by atoms with Crippen molar-refractivity contribution in [1.82, 2.24) is 0 Å². The van der Waals surface area contributed by atoms with E-state index in [1.54, 1.807) is 42.5 Å². The molecule has 0 fully saturated rings. The van der Waals surface area contributed by atoms with Crippen molar-refractivity contribution in [2.75, 3.05) is 0 Å². The molecule has 1 N–H and O–H groups in total. The van der Waals surface area contributed by atoms with Gasteiger partial charge < -0.3 is 9.84 Å². The van der Waals surface area contributed by atoms with Crippen molar-refractivity contribution < 1.29 is 14.6 Å². The lowest BCUT2D eigenvalue weighted by Gasteiger charge is -2.14. The van der Waals surface area contributed by atoms with E-state index in [0.717, 1.165) is 5.56 Å². The summed E-state index contributed by atoms with van der Waals surface area (Å²) in [6.07, 6.45) is -1.07. The van der Waals surface area contributed by atoms with Gasteiger partial charge in [0.05, 0.1) is 16.7 Å². The molecule has 3 nitrogen and oxygen atoms in total. The van der Waals surface area contributed by atoms with Gasteiger partial charge in [0.1, 0.15) is 0 Å². The number of hydrogen-bond donors (Lipinski definition) is 1. The van der Waals surface area contributed by atoms with Crippen molar-refractivity contribution in [2.45, 2.75) is 12.7 Å². The summed E-state index contributed by atoms with van der Waals surface area (Å²) in [5.41, 5.74) is 1.26. The molecule has 0 aliphatic rings. The molecule has 0 radical (unpaired) electrons. The van der Waals surface area contributed by atoms with Crippen LogP contribution in [0.25, 0.3) is 0 Å². The Kier molecular flexibility index (Phi) is 5.48. The highest BCUT2D eigenvalue weighted by Crippen LogP contribution is 2.25. The molecule has 0 saturated carbocycles. The molecule has 0 spiro atoms. The topological polar surface area (TPSA) is 46.5 Å². The van der Waals surface area contributed by atoms with Gasteiger partial charge in [-0.3, -0.25) is 0 Å². The van der Waals surface area contributed by atoms with Gasteiger partial charge in [-0.05, 0) is 35.4 Å². The van der Waals surface area contributed by atoms with E-state index in [0.29, 0.717) is 20.6 Å². The zero-order valence-electron chi connectivity index (χ0n) is 10.7. The second-order valence-electron chi connectivity index (χ2n) is 4.33. The maximum absolute atomic E-state index is 11.3. The van der Waals surface area contributed by atoms with Crippen molar-refractivity contribution in [1.29, 1.82) is 0 Å². The van der Waals surface area contributed by atoms with E-state index in [4.69, 9.17) is 39.5 Å². The van der Waals surface area contributed by atoms with E-state index in [9.17, 15) is 9.90 Å². The Morgan fingerprint density at radius 1 is 1.05 bits per heavy atom. The molecule has 0 aliphatic heterocycles. The highest BCUT2D eigenvalue weighted by Gasteiger charge is 2.20. The van der Waals surface area contributed by atoms with E-state index in [1.165, 1.54) is 0 Å². The molecule has 2 aromatic carbocycles. The molecule has 21 heavy (non-hydrogen) atoms. The van der Waals surface area contributed by atoms with Crippen molar-refractivity contribution in [2.24, 2.45) is 0 Å². The number of halogens is 3.